The third-order valence-electron chi connectivity index (χ3n) is 2.55. The van der Waals surface area contributed by atoms with Crippen molar-refractivity contribution in [2.75, 3.05) is 12.8 Å². The molecule has 0 saturated heterocycles. The molecule has 0 N–H and O–H groups in total. The van der Waals surface area contributed by atoms with E-state index in [1.807, 2.05) is 24.3 Å². The van der Waals surface area contributed by atoms with E-state index in [0.29, 0.717) is 13.1 Å². The Kier molecular flexibility index (Phi) is 2.49. The van der Waals surface area contributed by atoms with Gasteiger partial charge in [0, 0.05) is 19.3 Å². The molecule has 0 saturated carbocycles. The fourth-order valence-corrected chi connectivity index (χ4v) is 2.52. The molecule has 0 bridgehead atoms. The van der Waals surface area contributed by atoms with E-state index in [-0.39, 0.29) is 0 Å². The van der Waals surface area contributed by atoms with Crippen LogP contribution in [0.2, 0.25) is 0 Å². The molecule has 1 aliphatic heterocycles. The van der Waals surface area contributed by atoms with Crippen LogP contribution in [-0.2, 0) is 13.0 Å². The maximum atomic E-state index is 13.1. The summed E-state index contributed by atoms with van der Waals surface area (Å²) in [7, 11) is -3.54. The number of fused-ring (bicyclic) bond motifs is 1. The monoisotopic (exact) mass is 217 g/mol. The number of nitrogens with zero attached hydrogens (tertiary/aromatic N) is 1. The van der Waals surface area contributed by atoms with Crippen LogP contribution in [0.5, 0.6) is 0 Å². The zero-order valence-electron chi connectivity index (χ0n) is 8.04. The first-order valence-electron chi connectivity index (χ1n) is 4.57. The van der Waals surface area contributed by atoms with E-state index in [1.54, 1.807) is 0 Å². The Morgan fingerprint density at radius 1 is 1.21 bits per heavy atom. The number of hydrogen-bond donors (Lipinski definition) is 0. The summed E-state index contributed by atoms with van der Waals surface area (Å²) in [5.74, 6) is 0. The van der Waals surface area contributed by atoms with E-state index in [2.05, 4.69) is 0 Å². The van der Waals surface area contributed by atoms with E-state index in [9.17, 15) is 7.77 Å². The van der Waals surface area contributed by atoms with Gasteiger partial charge in [-0.2, -0.15) is 0 Å². The van der Waals surface area contributed by atoms with Crippen molar-refractivity contribution < 1.29 is 7.77 Å². The highest BCUT2D eigenvalue weighted by Gasteiger charge is 2.28. The van der Waals surface area contributed by atoms with Gasteiger partial charge < -0.3 is 0 Å². The van der Waals surface area contributed by atoms with Gasteiger partial charge in [-0.1, -0.05) is 24.3 Å². The minimum absolute atomic E-state index is 0.398. The number of halogens is 2. The van der Waals surface area contributed by atoms with Crippen LogP contribution in [0.3, 0.4) is 0 Å². The topological polar surface area (TPSA) is 3.24 Å². The SMILES string of the molecule is CS(F)(F)N1CCc2ccccc2C1. The van der Waals surface area contributed by atoms with Gasteiger partial charge in [-0.15, -0.1) is 7.77 Å². The Morgan fingerprint density at radius 3 is 2.50 bits per heavy atom. The van der Waals surface area contributed by atoms with Crippen molar-refractivity contribution in [3.8, 4) is 0 Å². The quantitative estimate of drug-likeness (QED) is 0.698. The normalized spacial score (nSPS) is 19.1. The first-order chi connectivity index (χ1) is 6.57. The zero-order valence-corrected chi connectivity index (χ0v) is 8.86. The lowest BCUT2D eigenvalue weighted by molar-refractivity contribution is 0.396. The molecule has 4 heteroatoms. The Bertz CT molecular complexity index is 335. The maximum Gasteiger partial charge on any atom is 0.116 e. The smallest absolute Gasteiger partial charge is 0.116 e. The van der Waals surface area contributed by atoms with E-state index in [4.69, 9.17) is 0 Å². The van der Waals surface area contributed by atoms with Gasteiger partial charge in [0.25, 0.3) is 0 Å². The van der Waals surface area contributed by atoms with Crippen LogP contribution < -0.4 is 0 Å². The predicted molar refractivity (Wildman–Crippen MR) is 56.3 cm³/mol. The summed E-state index contributed by atoms with van der Waals surface area (Å²) in [6, 6.07) is 7.83. The van der Waals surface area contributed by atoms with Gasteiger partial charge in [0.1, 0.15) is 11.0 Å². The van der Waals surface area contributed by atoms with Gasteiger partial charge >= 0.3 is 0 Å². The van der Waals surface area contributed by atoms with Crippen molar-refractivity contribution in [1.29, 1.82) is 0 Å². The van der Waals surface area contributed by atoms with Crippen molar-refractivity contribution in [2.24, 2.45) is 0 Å². The Balaban J connectivity index is 2.22. The summed E-state index contributed by atoms with van der Waals surface area (Å²) in [6.45, 7) is 0.880. The molecule has 1 heterocycles. The van der Waals surface area contributed by atoms with E-state index < -0.39 is 11.0 Å². The summed E-state index contributed by atoms with van der Waals surface area (Å²) in [4.78, 5) is 0. The van der Waals surface area contributed by atoms with Crippen LogP contribution in [0.4, 0.5) is 7.77 Å². The molecule has 1 nitrogen and oxygen atoms in total. The van der Waals surface area contributed by atoms with Crippen LogP contribution in [-0.4, -0.2) is 17.1 Å². The summed E-state index contributed by atoms with van der Waals surface area (Å²) in [6.07, 6.45) is 1.79. The molecule has 0 unspecified atom stereocenters. The standard InChI is InChI=1S/C10H13F2NS/c1-14(11,12)13-7-6-9-4-2-3-5-10(9)8-13/h2-5H,6-8H2,1H3. The predicted octanol–water partition coefficient (Wildman–Crippen LogP) is 3.16. The lowest BCUT2D eigenvalue weighted by atomic mass is 10.0. The van der Waals surface area contributed by atoms with Crippen molar-refractivity contribution in [2.45, 2.75) is 13.0 Å². The fraction of sp³-hybridized carbons (Fsp3) is 0.400. The molecule has 1 aromatic rings. The molecule has 0 amide bonds. The van der Waals surface area contributed by atoms with Crippen LogP contribution in [0.15, 0.2) is 24.3 Å². The van der Waals surface area contributed by atoms with Gasteiger partial charge in [0.05, 0.1) is 0 Å². The highest BCUT2D eigenvalue weighted by Crippen LogP contribution is 2.52. The third-order valence-corrected chi connectivity index (χ3v) is 3.77. The molecule has 0 aromatic heterocycles. The molecule has 78 valence electrons. The van der Waals surface area contributed by atoms with E-state index >= 15 is 0 Å². The molecule has 1 aliphatic rings. The minimum Gasteiger partial charge on any atom is -0.214 e. The first-order valence-corrected chi connectivity index (χ1v) is 6.37. The number of benzene rings is 1. The summed E-state index contributed by atoms with van der Waals surface area (Å²) >= 11 is 0. The highest BCUT2D eigenvalue weighted by atomic mass is 32.3. The van der Waals surface area contributed by atoms with Crippen LogP contribution in [0.25, 0.3) is 0 Å². The first kappa shape index (κ1) is 9.93. The van der Waals surface area contributed by atoms with Crippen LogP contribution in [0, 0.1) is 0 Å². The van der Waals surface area contributed by atoms with E-state index in [1.165, 1.54) is 9.87 Å². The highest BCUT2D eigenvalue weighted by molar-refractivity contribution is 8.22. The molecule has 2 rings (SSSR count). The Morgan fingerprint density at radius 2 is 1.86 bits per heavy atom. The molecule has 0 atom stereocenters. The summed E-state index contributed by atoms with van der Waals surface area (Å²) in [5.41, 5.74) is 2.26. The van der Waals surface area contributed by atoms with Crippen molar-refractivity contribution >= 4 is 11.0 Å². The average Bonchev–Trinajstić information content (AvgIpc) is 2.16. The van der Waals surface area contributed by atoms with Gasteiger partial charge in [-0.3, -0.25) is 0 Å². The van der Waals surface area contributed by atoms with Crippen molar-refractivity contribution in [3.05, 3.63) is 35.4 Å². The van der Waals surface area contributed by atoms with Gasteiger partial charge in [0.15, 0.2) is 0 Å². The molecule has 0 fully saturated rings. The van der Waals surface area contributed by atoms with Crippen LogP contribution in [0.1, 0.15) is 11.1 Å². The second-order valence-electron chi connectivity index (χ2n) is 3.57. The fourth-order valence-electron chi connectivity index (χ4n) is 1.74. The Hall–Kier alpha value is -0.610. The lowest BCUT2D eigenvalue weighted by Gasteiger charge is -2.35. The van der Waals surface area contributed by atoms with Gasteiger partial charge in [0.2, 0.25) is 0 Å². The molecule has 14 heavy (non-hydrogen) atoms. The zero-order chi connectivity index (χ0) is 10.2. The number of rotatable bonds is 1. The van der Waals surface area contributed by atoms with Crippen LogP contribution >= 0.6 is 11.0 Å². The summed E-state index contributed by atoms with van der Waals surface area (Å²) < 4.78 is 27.5. The third kappa shape index (κ3) is 1.91. The molecule has 1 aromatic carbocycles. The second-order valence-corrected chi connectivity index (χ2v) is 5.46. The van der Waals surface area contributed by atoms with Gasteiger partial charge in [-0.05, 0) is 17.5 Å². The second kappa shape index (κ2) is 3.51. The van der Waals surface area contributed by atoms with Crippen molar-refractivity contribution in [1.82, 2.24) is 4.31 Å². The molecule has 0 aliphatic carbocycles. The van der Waals surface area contributed by atoms with Crippen molar-refractivity contribution in [3.63, 3.8) is 0 Å². The minimum atomic E-state index is -3.54. The molecular formula is C10H13F2NS. The maximum absolute atomic E-state index is 13.1. The molecule has 0 spiro atoms. The lowest BCUT2D eigenvalue weighted by Crippen LogP contribution is -2.29. The summed E-state index contributed by atoms with van der Waals surface area (Å²) in [5, 5.41) is 0. The molecular weight excluding hydrogens is 204 g/mol. The average molecular weight is 217 g/mol. The largest absolute Gasteiger partial charge is 0.214 e. The molecule has 0 radical (unpaired) electrons. The Labute approximate surface area is 84.8 Å². The van der Waals surface area contributed by atoms with E-state index in [0.717, 1.165) is 18.2 Å². The van der Waals surface area contributed by atoms with Gasteiger partial charge in [-0.25, -0.2) is 4.31 Å². The number of hydrogen-bond acceptors (Lipinski definition) is 1.